The van der Waals surface area contributed by atoms with Gasteiger partial charge in [0.15, 0.2) is 0 Å². The standard InChI is InChI=1S/C10H18N2O4/c1-7(9(14)15)11-10(16)12-4-2-8(6-13)3-5-12/h7-8,13H,2-6H2,1H3,(H,11,16)(H,14,15). The predicted molar refractivity (Wildman–Crippen MR) is 57.0 cm³/mol. The number of carbonyl (C=O) groups is 2. The minimum atomic E-state index is -1.04. The minimum Gasteiger partial charge on any atom is -0.480 e. The molecule has 0 radical (unpaired) electrons. The number of carbonyl (C=O) groups excluding carboxylic acids is 1. The van der Waals surface area contributed by atoms with Gasteiger partial charge in [0.2, 0.25) is 0 Å². The lowest BCUT2D eigenvalue weighted by molar-refractivity contribution is -0.138. The SMILES string of the molecule is CC(NC(=O)N1CCC(CO)CC1)C(=O)O. The van der Waals surface area contributed by atoms with Crippen molar-refractivity contribution in [1.29, 1.82) is 0 Å². The van der Waals surface area contributed by atoms with E-state index in [0.717, 1.165) is 12.8 Å². The lowest BCUT2D eigenvalue weighted by Gasteiger charge is -2.31. The molecule has 6 nitrogen and oxygen atoms in total. The fraction of sp³-hybridized carbons (Fsp3) is 0.800. The second kappa shape index (κ2) is 5.69. The van der Waals surface area contributed by atoms with Gasteiger partial charge in [-0.05, 0) is 25.7 Å². The quantitative estimate of drug-likeness (QED) is 0.630. The molecule has 3 N–H and O–H groups in total. The molecule has 1 fully saturated rings. The van der Waals surface area contributed by atoms with Crippen LogP contribution in [0.3, 0.4) is 0 Å². The maximum atomic E-state index is 11.6. The number of hydrogen-bond acceptors (Lipinski definition) is 3. The van der Waals surface area contributed by atoms with Crippen LogP contribution in [-0.2, 0) is 4.79 Å². The van der Waals surface area contributed by atoms with Crippen LogP contribution in [0.2, 0.25) is 0 Å². The van der Waals surface area contributed by atoms with Gasteiger partial charge in [0.1, 0.15) is 6.04 Å². The molecule has 0 aliphatic carbocycles. The number of amides is 2. The van der Waals surface area contributed by atoms with Crippen LogP contribution in [0.4, 0.5) is 4.79 Å². The third-order valence-corrected chi connectivity index (χ3v) is 2.87. The van der Waals surface area contributed by atoms with Gasteiger partial charge in [-0.3, -0.25) is 4.79 Å². The lowest BCUT2D eigenvalue weighted by Crippen LogP contribution is -2.49. The molecule has 0 aromatic carbocycles. The van der Waals surface area contributed by atoms with Gasteiger partial charge in [-0.2, -0.15) is 0 Å². The number of aliphatic carboxylic acids is 1. The fourth-order valence-corrected chi connectivity index (χ4v) is 1.66. The number of carboxylic acid groups (broad SMARTS) is 1. The molecule has 1 atom stereocenters. The molecule has 0 saturated carbocycles. The zero-order valence-electron chi connectivity index (χ0n) is 9.35. The highest BCUT2D eigenvalue weighted by Gasteiger charge is 2.24. The van der Waals surface area contributed by atoms with Crippen molar-refractivity contribution in [3.8, 4) is 0 Å². The average Bonchev–Trinajstić information content (AvgIpc) is 2.28. The zero-order chi connectivity index (χ0) is 12.1. The number of nitrogens with zero attached hydrogens (tertiary/aromatic N) is 1. The lowest BCUT2D eigenvalue weighted by atomic mass is 9.98. The molecule has 1 aliphatic heterocycles. The number of aliphatic hydroxyl groups is 1. The molecular formula is C10H18N2O4. The third kappa shape index (κ3) is 3.37. The van der Waals surface area contributed by atoms with Crippen LogP contribution in [0.15, 0.2) is 0 Å². The Labute approximate surface area is 94.2 Å². The Kier molecular flexibility index (Phi) is 4.54. The summed E-state index contributed by atoms with van der Waals surface area (Å²) < 4.78 is 0. The summed E-state index contributed by atoms with van der Waals surface area (Å²) in [5.74, 6) is -0.778. The van der Waals surface area contributed by atoms with Gasteiger partial charge in [-0.25, -0.2) is 4.79 Å². The van der Waals surface area contributed by atoms with Crippen LogP contribution in [0.25, 0.3) is 0 Å². The van der Waals surface area contributed by atoms with Crippen molar-refractivity contribution < 1.29 is 19.8 Å². The number of carboxylic acids is 1. The van der Waals surface area contributed by atoms with Crippen LogP contribution in [-0.4, -0.2) is 52.9 Å². The number of rotatable bonds is 3. The van der Waals surface area contributed by atoms with Crippen molar-refractivity contribution in [2.75, 3.05) is 19.7 Å². The Morgan fingerprint density at radius 1 is 1.44 bits per heavy atom. The Morgan fingerprint density at radius 3 is 2.44 bits per heavy atom. The molecule has 0 spiro atoms. The summed E-state index contributed by atoms with van der Waals surface area (Å²) in [6.07, 6.45) is 1.54. The summed E-state index contributed by atoms with van der Waals surface area (Å²) in [6.45, 7) is 2.73. The number of piperidine rings is 1. The van der Waals surface area contributed by atoms with E-state index in [2.05, 4.69) is 5.32 Å². The first-order valence-electron chi connectivity index (χ1n) is 5.43. The van der Waals surface area contributed by atoms with E-state index in [0.29, 0.717) is 13.1 Å². The monoisotopic (exact) mass is 230 g/mol. The molecule has 1 saturated heterocycles. The van der Waals surface area contributed by atoms with Crippen LogP contribution in [0.1, 0.15) is 19.8 Å². The first-order chi connectivity index (χ1) is 7.54. The molecule has 2 amide bonds. The molecular weight excluding hydrogens is 212 g/mol. The van der Waals surface area contributed by atoms with Crippen molar-refractivity contribution in [1.82, 2.24) is 10.2 Å². The van der Waals surface area contributed by atoms with Crippen LogP contribution < -0.4 is 5.32 Å². The summed E-state index contributed by atoms with van der Waals surface area (Å²) in [5, 5.41) is 20.0. The van der Waals surface area contributed by atoms with Crippen molar-refractivity contribution in [2.45, 2.75) is 25.8 Å². The predicted octanol–water partition coefficient (Wildman–Crippen LogP) is -0.127. The molecule has 0 aromatic rings. The van der Waals surface area contributed by atoms with E-state index in [4.69, 9.17) is 10.2 Å². The van der Waals surface area contributed by atoms with E-state index < -0.39 is 12.0 Å². The van der Waals surface area contributed by atoms with E-state index in [9.17, 15) is 9.59 Å². The highest BCUT2D eigenvalue weighted by atomic mass is 16.4. The second-order valence-electron chi connectivity index (χ2n) is 4.12. The van der Waals surface area contributed by atoms with Crippen molar-refractivity contribution >= 4 is 12.0 Å². The first-order valence-corrected chi connectivity index (χ1v) is 5.43. The van der Waals surface area contributed by atoms with Crippen molar-refractivity contribution in [3.05, 3.63) is 0 Å². The smallest absolute Gasteiger partial charge is 0.325 e. The van der Waals surface area contributed by atoms with Gasteiger partial charge >= 0.3 is 12.0 Å². The molecule has 0 bridgehead atoms. The summed E-state index contributed by atoms with van der Waals surface area (Å²) in [7, 11) is 0. The molecule has 6 heteroatoms. The van der Waals surface area contributed by atoms with E-state index >= 15 is 0 Å². The summed E-state index contributed by atoms with van der Waals surface area (Å²) >= 11 is 0. The Morgan fingerprint density at radius 2 is 2.00 bits per heavy atom. The van der Waals surface area contributed by atoms with E-state index in [1.807, 2.05) is 0 Å². The van der Waals surface area contributed by atoms with Crippen LogP contribution in [0, 0.1) is 5.92 Å². The fourth-order valence-electron chi connectivity index (χ4n) is 1.66. The topological polar surface area (TPSA) is 89.9 Å². The maximum absolute atomic E-state index is 11.6. The number of hydrogen-bond donors (Lipinski definition) is 3. The molecule has 1 rings (SSSR count). The minimum absolute atomic E-state index is 0.154. The number of likely N-dealkylation sites (tertiary alicyclic amines) is 1. The zero-order valence-corrected chi connectivity index (χ0v) is 9.35. The average molecular weight is 230 g/mol. The van der Waals surface area contributed by atoms with E-state index in [1.54, 1.807) is 4.90 Å². The Bertz CT molecular complexity index is 262. The van der Waals surface area contributed by atoms with Gasteiger partial charge in [-0.15, -0.1) is 0 Å². The van der Waals surface area contributed by atoms with Crippen molar-refractivity contribution in [2.24, 2.45) is 5.92 Å². The molecule has 0 aromatic heterocycles. The number of urea groups is 1. The van der Waals surface area contributed by atoms with E-state index in [1.165, 1.54) is 6.92 Å². The highest BCUT2D eigenvalue weighted by molar-refractivity contribution is 5.82. The molecule has 16 heavy (non-hydrogen) atoms. The first kappa shape index (κ1) is 12.8. The summed E-state index contributed by atoms with van der Waals surface area (Å²) in [6, 6.07) is -1.21. The molecule has 1 heterocycles. The van der Waals surface area contributed by atoms with Gasteiger partial charge in [0, 0.05) is 19.7 Å². The third-order valence-electron chi connectivity index (χ3n) is 2.87. The van der Waals surface area contributed by atoms with Crippen LogP contribution >= 0.6 is 0 Å². The van der Waals surface area contributed by atoms with Gasteiger partial charge in [-0.1, -0.05) is 0 Å². The Hall–Kier alpha value is -1.30. The summed E-state index contributed by atoms with van der Waals surface area (Å²) in [5.41, 5.74) is 0. The van der Waals surface area contributed by atoms with Gasteiger partial charge in [0.05, 0.1) is 0 Å². The molecule has 1 aliphatic rings. The highest BCUT2D eigenvalue weighted by Crippen LogP contribution is 2.16. The molecule has 1 unspecified atom stereocenters. The van der Waals surface area contributed by atoms with Gasteiger partial charge in [0.25, 0.3) is 0 Å². The van der Waals surface area contributed by atoms with Gasteiger partial charge < -0.3 is 20.4 Å². The van der Waals surface area contributed by atoms with E-state index in [-0.39, 0.29) is 18.6 Å². The Balaban J connectivity index is 2.36. The van der Waals surface area contributed by atoms with Crippen LogP contribution in [0.5, 0.6) is 0 Å². The largest absolute Gasteiger partial charge is 0.480 e. The van der Waals surface area contributed by atoms with Crippen molar-refractivity contribution in [3.63, 3.8) is 0 Å². The second-order valence-corrected chi connectivity index (χ2v) is 4.12. The molecule has 92 valence electrons. The normalized spacial score (nSPS) is 19.2. The number of aliphatic hydroxyl groups excluding tert-OH is 1. The number of nitrogens with one attached hydrogen (secondary N) is 1. The summed E-state index contributed by atoms with van der Waals surface area (Å²) in [4.78, 5) is 23.7. The maximum Gasteiger partial charge on any atom is 0.325 e.